The molecule has 0 aliphatic rings. The minimum absolute atomic E-state index is 1.13. The van der Waals surface area contributed by atoms with Gasteiger partial charge in [0.15, 0.2) is 0 Å². The molecule has 0 aliphatic heterocycles. The summed E-state index contributed by atoms with van der Waals surface area (Å²) in [7, 11) is -1.08. The van der Waals surface area contributed by atoms with E-state index in [1.54, 1.807) is 15.6 Å². The van der Waals surface area contributed by atoms with Crippen molar-refractivity contribution < 1.29 is 0 Å². The summed E-state index contributed by atoms with van der Waals surface area (Å²) in [6.07, 6.45) is 0. The summed E-state index contributed by atoms with van der Waals surface area (Å²) >= 11 is 0. The summed E-state index contributed by atoms with van der Waals surface area (Å²) in [6.45, 7) is 14.7. The third-order valence-corrected chi connectivity index (χ3v) is 7.43. The second-order valence-electron chi connectivity index (χ2n) is 6.59. The molecular weight excluding hydrogens is 228 g/mol. The van der Waals surface area contributed by atoms with Crippen LogP contribution in [0.5, 0.6) is 0 Å². The number of hydrogen-bond acceptors (Lipinski definition) is 0. The Kier molecular flexibility index (Phi) is 3.48. The van der Waals surface area contributed by atoms with Crippen molar-refractivity contribution in [2.45, 2.75) is 39.3 Å². The van der Waals surface area contributed by atoms with Gasteiger partial charge in [0.1, 0.15) is 0 Å². The van der Waals surface area contributed by atoms with Crippen molar-refractivity contribution in [2.24, 2.45) is 0 Å². The molecule has 1 aromatic rings. The van der Waals surface area contributed by atoms with Crippen LogP contribution in [0.15, 0.2) is 18.2 Å². The highest BCUT2D eigenvalue weighted by molar-refractivity contribution is 6.91. The van der Waals surface area contributed by atoms with Gasteiger partial charge in [-0.2, -0.15) is 0 Å². The molecule has 84 valence electrons. The third kappa shape index (κ3) is 3.43. The van der Waals surface area contributed by atoms with Crippen molar-refractivity contribution in [3.8, 4) is 0 Å². The zero-order valence-electron chi connectivity index (χ0n) is 11.2. The largest absolute Gasteiger partial charge is 0.0775 e. The molecule has 1 rings (SSSR count). The Labute approximate surface area is 99.6 Å². The molecule has 0 spiro atoms. The molecule has 0 saturated carbocycles. The monoisotopic (exact) mass is 252 g/mol. The minimum Gasteiger partial charge on any atom is -0.0710 e. The first-order valence-corrected chi connectivity index (χ1v) is 13.7. The van der Waals surface area contributed by atoms with Crippen molar-refractivity contribution >= 4 is 42.0 Å². The summed E-state index contributed by atoms with van der Waals surface area (Å²) in [4.78, 5) is 0. The summed E-state index contributed by atoms with van der Waals surface area (Å²) in [5.41, 5.74) is 0. The normalized spacial score (nSPS) is 13.2. The molecule has 0 bridgehead atoms. The molecule has 0 aliphatic carbocycles. The highest BCUT2D eigenvalue weighted by Gasteiger charge is 2.21. The highest BCUT2D eigenvalue weighted by atomic mass is 28.3. The number of benzene rings is 1. The van der Waals surface area contributed by atoms with E-state index in [2.05, 4.69) is 57.5 Å². The Morgan fingerprint density at radius 3 is 1.33 bits per heavy atom. The fourth-order valence-corrected chi connectivity index (χ4v) is 5.49. The molecule has 0 radical (unpaired) electrons. The second kappa shape index (κ2) is 4.03. The average Bonchev–Trinajstić information content (AvgIpc) is 1.99. The maximum absolute atomic E-state index is 2.50. The smallest absolute Gasteiger partial charge is 0.0710 e. The summed E-state index contributed by atoms with van der Waals surface area (Å²) in [6, 6.07) is 7.39. The van der Waals surface area contributed by atoms with E-state index in [1.165, 1.54) is 10.2 Å². The molecule has 0 fully saturated rings. The van der Waals surface area contributed by atoms with Crippen molar-refractivity contribution in [2.75, 3.05) is 0 Å². The van der Waals surface area contributed by atoms with E-state index in [9.17, 15) is 0 Å². The van der Waals surface area contributed by atoms with Crippen LogP contribution in [0.2, 0.25) is 39.3 Å². The van der Waals surface area contributed by atoms with E-state index >= 15 is 0 Å². The Morgan fingerprint density at radius 2 is 1.07 bits per heavy atom. The van der Waals surface area contributed by atoms with Crippen molar-refractivity contribution in [3.05, 3.63) is 18.2 Å². The van der Waals surface area contributed by atoms with Gasteiger partial charge < -0.3 is 0 Å². The van der Waals surface area contributed by atoms with Crippen LogP contribution in [0.4, 0.5) is 0 Å². The predicted molar refractivity (Wildman–Crippen MR) is 82.0 cm³/mol. The lowest BCUT2D eigenvalue weighted by atomic mass is 10.3. The Hall–Kier alpha value is -0.129. The van der Waals surface area contributed by atoms with Crippen LogP contribution in [0.1, 0.15) is 0 Å². The van der Waals surface area contributed by atoms with E-state index in [0.717, 1.165) is 0 Å². The maximum atomic E-state index is 2.50. The lowest BCUT2D eigenvalue weighted by Gasteiger charge is -2.23. The quantitative estimate of drug-likeness (QED) is 0.682. The average molecular weight is 253 g/mol. The molecule has 0 N–H and O–H groups in total. The van der Waals surface area contributed by atoms with Gasteiger partial charge >= 0.3 is 0 Å². The van der Waals surface area contributed by atoms with E-state index < -0.39 is 16.1 Å². The molecule has 0 unspecified atom stereocenters. The first kappa shape index (κ1) is 12.9. The zero-order valence-corrected chi connectivity index (χ0v) is 15.2. The topological polar surface area (TPSA) is 0 Å². The van der Waals surface area contributed by atoms with Gasteiger partial charge in [0.2, 0.25) is 0 Å². The summed E-state index contributed by atoms with van der Waals surface area (Å²) < 4.78 is 0. The van der Waals surface area contributed by atoms with Gasteiger partial charge in [-0.05, 0) is 0 Å². The molecule has 0 aromatic heterocycles. The van der Waals surface area contributed by atoms with Gasteiger partial charge in [0, 0.05) is 10.2 Å². The maximum Gasteiger partial charge on any atom is 0.0775 e. The third-order valence-electron chi connectivity index (χ3n) is 2.81. The lowest BCUT2D eigenvalue weighted by Crippen LogP contribution is -2.47. The molecule has 0 heterocycles. The minimum atomic E-state index is -1.13. The molecule has 0 amide bonds. The van der Waals surface area contributed by atoms with Crippen LogP contribution in [0.25, 0.3) is 0 Å². The Morgan fingerprint density at radius 1 is 0.733 bits per heavy atom. The lowest BCUT2D eigenvalue weighted by molar-refractivity contribution is 1.69. The van der Waals surface area contributed by atoms with Gasteiger partial charge in [0.25, 0.3) is 0 Å². The van der Waals surface area contributed by atoms with Crippen LogP contribution in [0, 0.1) is 0 Å². The fraction of sp³-hybridized carbons (Fsp3) is 0.500. The van der Waals surface area contributed by atoms with E-state index in [0.29, 0.717) is 0 Å². The fourth-order valence-electron chi connectivity index (χ4n) is 1.65. The molecule has 0 nitrogen and oxygen atoms in total. The summed E-state index contributed by atoms with van der Waals surface area (Å²) in [5.74, 6) is 0. The summed E-state index contributed by atoms with van der Waals surface area (Å²) in [5, 5.41) is 4.87. The van der Waals surface area contributed by atoms with Crippen LogP contribution in [-0.4, -0.2) is 26.4 Å². The second-order valence-corrected chi connectivity index (χ2v) is 17.9. The van der Waals surface area contributed by atoms with Gasteiger partial charge in [-0.3, -0.25) is 0 Å². The van der Waals surface area contributed by atoms with Crippen LogP contribution in [0.3, 0.4) is 0 Å². The van der Waals surface area contributed by atoms with Crippen molar-refractivity contribution in [1.29, 1.82) is 0 Å². The molecule has 1 aromatic carbocycles. The SMILES string of the molecule is C[Si](C)(C)c1cc([SiH3])cc([Si](C)(C)C)c1. The Bertz CT molecular complexity index is 324. The van der Waals surface area contributed by atoms with Crippen LogP contribution in [-0.2, 0) is 0 Å². The molecule has 3 heteroatoms. The molecule has 0 saturated heterocycles. The van der Waals surface area contributed by atoms with Crippen LogP contribution < -0.4 is 15.6 Å². The van der Waals surface area contributed by atoms with Crippen molar-refractivity contribution in [1.82, 2.24) is 0 Å². The first-order valence-electron chi connectivity index (χ1n) is 5.73. The van der Waals surface area contributed by atoms with Crippen molar-refractivity contribution in [3.63, 3.8) is 0 Å². The molecular formula is C12H24Si3. The highest BCUT2D eigenvalue weighted by Crippen LogP contribution is 2.04. The molecule has 0 atom stereocenters. The molecule has 15 heavy (non-hydrogen) atoms. The number of rotatable bonds is 2. The van der Waals surface area contributed by atoms with Crippen LogP contribution >= 0.6 is 0 Å². The standard InChI is InChI=1S/C12H24Si3/c1-14(2,3)11-7-10(13)8-12(9-11)15(4,5)6/h7-9H,1-6,13H3. The van der Waals surface area contributed by atoms with Gasteiger partial charge in [-0.15, -0.1) is 0 Å². The predicted octanol–water partition coefficient (Wildman–Crippen LogP) is 0.768. The zero-order chi connectivity index (χ0) is 11.9. The Balaban J connectivity index is 3.30. The first-order chi connectivity index (χ1) is 6.60. The van der Waals surface area contributed by atoms with E-state index in [-0.39, 0.29) is 0 Å². The number of hydrogen-bond donors (Lipinski definition) is 0. The van der Waals surface area contributed by atoms with Gasteiger partial charge in [0.05, 0.1) is 16.1 Å². The van der Waals surface area contributed by atoms with E-state index in [4.69, 9.17) is 0 Å². The van der Waals surface area contributed by atoms with Gasteiger partial charge in [-0.25, -0.2) is 0 Å². The van der Waals surface area contributed by atoms with Gasteiger partial charge in [-0.1, -0.05) is 73.0 Å². The van der Waals surface area contributed by atoms with E-state index in [1.807, 2.05) is 0 Å².